The van der Waals surface area contributed by atoms with Gasteiger partial charge in [-0.2, -0.15) is 9.36 Å². The maximum Gasteiger partial charge on any atom is 0.369 e. The van der Waals surface area contributed by atoms with Crippen molar-refractivity contribution in [1.29, 1.82) is 0 Å². The van der Waals surface area contributed by atoms with Crippen LogP contribution in [0.3, 0.4) is 0 Å². The Labute approximate surface area is 170 Å². The summed E-state index contributed by atoms with van der Waals surface area (Å²) in [6, 6.07) is 17.8. The molecule has 0 saturated heterocycles. The van der Waals surface area contributed by atoms with E-state index in [2.05, 4.69) is 15.7 Å². The second-order valence-corrected chi connectivity index (χ2v) is 7.09. The maximum atomic E-state index is 12.4. The minimum Gasteiger partial charge on any atom is -0.497 e. The van der Waals surface area contributed by atoms with Gasteiger partial charge in [0.2, 0.25) is 0 Å². The highest BCUT2D eigenvalue weighted by Crippen LogP contribution is 2.16. The molecular formula is C20H17N5O3S. The standard InChI is InChI=1S/C20H17N5O3S/c1-28-17-10-8-16(9-11-17)21-19(26)15-6-4-14(5-7-15)13-24-20(27)25(23-22-24)18-3-2-12-29-18/h2-12H,13H2,1H3,(H,21,26). The van der Waals surface area contributed by atoms with Gasteiger partial charge in [0, 0.05) is 11.3 Å². The number of anilines is 1. The quantitative estimate of drug-likeness (QED) is 0.531. The zero-order valence-corrected chi connectivity index (χ0v) is 16.3. The van der Waals surface area contributed by atoms with Crippen LogP contribution < -0.4 is 15.7 Å². The van der Waals surface area contributed by atoms with Crippen LogP contribution in [0.5, 0.6) is 5.75 Å². The monoisotopic (exact) mass is 407 g/mol. The van der Waals surface area contributed by atoms with Crippen LogP contribution in [-0.4, -0.2) is 32.8 Å². The third-order valence-electron chi connectivity index (χ3n) is 4.25. The molecule has 8 nitrogen and oxygen atoms in total. The molecule has 0 radical (unpaired) electrons. The van der Waals surface area contributed by atoms with Gasteiger partial charge in [0.1, 0.15) is 10.8 Å². The zero-order valence-electron chi connectivity index (χ0n) is 15.5. The number of nitrogens with one attached hydrogen (secondary N) is 1. The lowest BCUT2D eigenvalue weighted by molar-refractivity contribution is 0.102. The van der Waals surface area contributed by atoms with Crippen molar-refractivity contribution in [2.45, 2.75) is 6.54 Å². The normalized spacial score (nSPS) is 10.7. The van der Waals surface area contributed by atoms with Crippen molar-refractivity contribution in [1.82, 2.24) is 19.8 Å². The molecule has 0 saturated carbocycles. The molecule has 2 aromatic carbocycles. The molecule has 146 valence electrons. The van der Waals surface area contributed by atoms with E-state index in [1.54, 1.807) is 61.7 Å². The molecule has 2 aromatic heterocycles. The molecule has 0 bridgehead atoms. The van der Waals surface area contributed by atoms with Crippen molar-refractivity contribution in [2.24, 2.45) is 0 Å². The van der Waals surface area contributed by atoms with Gasteiger partial charge in [0.05, 0.1) is 13.7 Å². The summed E-state index contributed by atoms with van der Waals surface area (Å²) in [7, 11) is 1.59. The first kappa shape index (κ1) is 18.6. The average Bonchev–Trinajstić information content (AvgIpc) is 3.39. The predicted octanol–water partition coefficient (Wildman–Crippen LogP) is 2.80. The molecule has 0 aliphatic rings. The largest absolute Gasteiger partial charge is 0.497 e. The summed E-state index contributed by atoms with van der Waals surface area (Å²) < 4.78 is 7.65. The van der Waals surface area contributed by atoms with E-state index in [1.165, 1.54) is 20.7 Å². The van der Waals surface area contributed by atoms with Crippen LogP contribution in [-0.2, 0) is 6.54 Å². The lowest BCUT2D eigenvalue weighted by Crippen LogP contribution is -2.24. The van der Waals surface area contributed by atoms with Gasteiger partial charge in [-0.3, -0.25) is 4.79 Å². The number of hydrogen-bond donors (Lipinski definition) is 1. The number of hydrogen-bond acceptors (Lipinski definition) is 6. The van der Waals surface area contributed by atoms with Crippen LogP contribution in [0, 0.1) is 0 Å². The van der Waals surface area contributed by atoms with Crippen LogP contribution in [0.15, 0.2) is 70.8 Å². The zero-order chi connectivity index (χ0) is 20.2. The number of ether oxygens (including phenoxy) is 1. The Morgan fingerprint density at radius 2 is 1.83 bits per heavy atom. The van der Waals surface area contributed by atoms with E-state index >= 15 is 0 Å². The highest BCUT2D eigenvalue weighted by molar-refractivity contribution is 7.12. The van der Waals surface area contributed by atoms with Crippen molar-refractivity contribution in [2.75, 3.05) is 12.4 Å². The van der Waals surface area contributed by atoms with Gasteiger partial charge in [-0.25, -0.2) is 4.79 Å². The van der Waals surface area contributed by atoms with Crippen molar-refractivity contribution < 1.29 is 9.53 Å². The van der Waals surface area contributed by atoms with Gasteiger partial charge in [0.15, 0.2) is 0 Å². The highest BCUT2D eigenvalue weighted by atomic mass is 32.1. The molecule has 1 amide bonds. The van der Waals surface area contributed by atoms with Crippen molar-refractivity contribution in [3.63, 3.8) is 0 Å². The fraction of sp³-hybridized carbons (Fsp3) is 0.100. The summed E-state index contributed by atoms with van der Waals surface area (Å²) in [5.74, 6) is 0.501. The van der Waals surface area contributed by atoms with E-state index in [0.717, 1.165) is 11.3 Å². The number of thiophene rings is 1. The van der Waals surface area contributed by atoms with Crippen LogP contribution in [0.2, 0.25) is 0 Å². The summed E-state index contributed by atoms with van der Waals surface area (Å²) in [6.07, 6.45) is 0. The summed E-state index contributed by atoms with van der Waals surface area (Å²) in [6.45, 7) is 0.268. The Balaban J connectivity index is 1.44. The number of rotatable bonds is 6. The van der Waals surface area contributed by atoms with Crippen molar-refractivity contribution in [3.8, 4) is 10.8 Å². The van der Waals surface area contributed by atoms with Gasteiger partial charge in [-0.05, 0) is 69.9 Å². The lowest BCUT2D eigenvalue weighted by atomic mass is 10.1. The number of tetrazole rings is 1. The number of benzene rings is 2. The molecule has 2 heterocycles. The molecule has 9 heteroatoms. The van der Waals surface area contributed by atoms with Crippen LogP contribution in [0.25, 0.3) is 5.00 Å². The average molecular weight is 407 g/mol. The van der Waals surface area contributed by atoms with Crippen LogP contribution in [0.1, 0.15) is 15.9 Å². The van der Waals surface area contributed by atoms with Crippen LogP contribution >= 0.6 is 11.3 Å². The topological polar surface area (TPSA) is 91.0 Å². The molecule has 0 aliphatic carbocycles. The molecule has 4 aromatic rings. The van der Waals surface area contributed by atoms with E-state index in [0.29, 0.717) is 16.3 Å². The molecule has 4 rings (SSSR count). The molecule has 0 unspecified atom stereocenters. The molecule has 0 atom stereocenters. The fourth-order valence-corrected chi connectivity index (χ4v) is 3.38. The van der Waals surface area contributed by atoms with Gasteiger partial charge >= 0.3 is 5.69 Å². The second kappa shape index (κ2) is 8.11. The molecule has 1 N–H and O–H groups in total. The summed E-state index contributed by atoms with van der Waals surface area (Å²) in [4.78, 5) is 24.8. The first-order valence-electron chi connectivity index (χ1n) is 8.75. The molecule has 29 heavy (non-hydrogen) atoms. The van der Waals surface area contributed by atoms with Gasteiger partial charge in [-0.15, -0.1) is 11.3 Å². The Kier molecular flexibility index (Phi) is 5.21. The number of carbonyl (C=O) groups is 1. The number of carbonyl (C=O) groups excluding carboxylic acids is 1. The van der Waals surface area contributed by atoms with Gasteiger partial charge < -0.3 is 10.1 Å². The summed E-state index contributed by atoms with van der Waals surface area (Å²) in [5, 5.41) is 13.3. The first-order chi connectivity index (χ1) is 14.1. The smallest absolute Gasteiger partial charge is 0.369 e. The van der Waals surface area contributed by atoms with Gasteiger partial charge in [0.25, 0.3) is 5.91 Å². The number of aromatic nitrogens is 4. The minimum absolute atomic E-state index is 0.220. The summed E-state index contributed by atoms with van der Waals surface area (Å²) in [5.41, 5.74) is 1.72. The Bertz CT molecular complexity index is 1160. The first-order valence-corrected chi connectivity index (χ1v) is 9.63. The predicted molar refractivity (Wildman–Crippen MR) is 110 cm³/mol. The molecule has 0 aliphatic heterocycles. The van der Waals surface area contributed by atoms with E-state index in [9.17, 15) is 9.59 Å². The second-order valence-electron chi connectivity index (χ2n) is 6.16. The highest BCUT2D eigenvalue weighted by Gasteiger charge is 2.11. The molecule has 0 spiro atoms. The SMILES string of the molecule is COc1ccc(NC(=O)c2ccc(Cn3nnn(-c4cccs4)c3=O)cc2)cc1. The third kappa shape index (κ3) is 4.09. The number of nitrogens with zero attached hydrogens (tertiary/aromatic N) is 4. The third-order valence-corrected chi connectivity index (χ3v) is 5.09. The van der Waals surface area contributed by atoms with Crippen molar-refractivity contribution >= 4 is 22.9 Å². The molecular weight excluding hydrogens is 390 g/mol. The molecule has 0 fully saturated rings. The van der Waals surface area contributed by atoms with E-state index in [1.807, 2.05) is 11.4 Å². The number of methoxy groups -OCH3 is 1. The number of amides is 1. The van der Waals surface area contributed by atoms with E-state index in [-0.39, 0.29) is 18.1 Å². The Hall–Kier alpha value is -3.72. The maximum absolute atomic E-state index is 12.4. The minimum atomic E-state index is -0.311. The van der Waals surface area contributed by atoms with E-state index < -0.39 is 0 Å². The Morgan fingerprint density at radius 3 is 2.48 bits per heavy atom. The Morgan fingerprint density at radius 1 is 1.07 bits per heavy atom. The van der Waals surface area contributed by atoms with Crippen LogP contribution in [0.4, 0.5) is 5.69 Å². The van der Waals surface area contributed by atoms with Gasteiger partial charge in [-0.1, -0.05) is 12.1 Å². The van der Waals surface area contributed by atoms with E-state index in [4.69, 9.17) is 4.74 Å². The summed E-state index contributed by atoms with van der Waals surface area (Å²) >= 11 is 1.41. The lowest BCUT2D eigenvalue weighted by Gasteiger charge is -2.07. The fourth-order valence-electron chi connectivity index (χ4n) is 2.71. The van der Waals surface area contributed by atoms with Crippen molar-refractivity contribution in [3.05, 3.63) is 87.7 Å².